The third-order valence-corrected chi connectivity index (χ3v) is 2.25. The first kappa shape index (κ1) is 12.1. The molecule has 3 heteroatoms. The van der Waals surface area contributed by atoms with Crippen LogP contribution in [0.2, 0.25) is 0 Å². The van der Waals surface area contributed by atoms with Gasteiger partial charge in [-0.05, 0) is 31.2 Å². The molecule has 1 atom stereocenters. The molecule has 0 heterocycles. The van der Waals surface area contributed by atoms with E-state index in [0.717, 1.165) is 18.6 Å². The molecule has 0 saturated carbocycles. The number of nitrogens with one attached hydrogen (secondary N) is 1. The first-order valence-electron chi connectivity index (χ1n) is 5.28. The summed E-state index contributed by atoms with van der Waals surface area (Å²) in [6, 6.07) is 6.65. The molecule has 1 unspecified atom stereocenters. The highest BCUT2D eigenvalue weighted by atomic mass is 19.1. The van der Waals surface area contributed by atoms with Gasteiger partial charge >= 0.3 is 0 Å². The van der Waals surface area contributed by atoms with Crippen molar-refractivity contribution in [3.8, 4) is 0 Å². The Bertz CT molecular complexity index is 273. The van der Waals surface area contributed by atoms with Gasteiger partial charge in [-0.1, -0.05) is 19.1 Å². The van der Waals surface area contributed by atoms with E-state index in [-0.39, 0.29) is 11.9 Å². The van der Waals surface area contributed by atoms with E-state index < -0.39 is 0 Å². The van der Waals surface area contributed by atoms with Gasteiger partial charge in [-0.15, -0.1) is 0 Å². The molecule has 84 valence electrons. The summed E-state index contributed by atoms with van der Waals surface area (Å²) in [5.74, 6) is -0.205. The van der Waals surface area contributed by atoms with Crippen LogP contribution in [0.3, 0.4) is 0 Å². The molecule has 1 N–H and O–H groups in total. The van der Waals surface area contributed by atoms with Crippen LogP contribution in [0, 0.1) is 5.82 Å². The Kier molecular flexibility index (Phi) is 5.29. The van der Waals surface area contributed by atoms with Crippen molar-refractivity contribution in [3.05, 3.63) is 35.6 Å². The highest BCUT2D eigenvalue weighted by Gasteiger charge is 2.08. The molecule has 0 amide bonds. The summed E-state index contributed by atoms with van der Waals surface area (Å²) in [5, 5.41) is 3.15. The fraction of sp³-hybridized carbons (Fsp3) is 0.500. The fourth-order valence-electron chi connectivity index (χ4n) is 1.39. The second-order valence-electron chi connectivity index (χ2n) is 3.47. The minimum atomic E-state index is -0.205. The largest absolute Gasteiger partial charge is 0.379 e. The molecule has 0 saturated heterocycles. The van der Waals surface area contributed by atoms with Crippen LogP contribution in [0.25, 0.3) is 0 Å². The van der Waals surface area contributed by atoms with Gasteiger partial charge in [0.1, 0.15) is 5.82 Å². The first-order chi connectivity index (χ1) is 7.27. The third kappa shape index (κ3) is 3.98. The van der Waals surface area contributed by atoms with Crippen molar-refractivity contribution in [2.45, 2.75) is 19.4 Å². The normalized spacial score (nSPS) is 12.7. The number of likely N-dealkylation sites (N-methyl/N-ethyl adjacent to an activating group) is 1. The van der Waals surface area contributed by atoms with Crippen molar-refractivity contribution < 1.29 is 9.13 Å². The highest BCUT2D eigenvalue weighted by molar-refractivity contribution is 5.19. The summed E-state index contributed by atoms with van der Waals surface area (Å²) in [5.41, 5.74) is 1.05. The van der Waals surface area contributed by atoms with E-state index in [1.54, 1.807) is 12.1 Å². The van der Waals surface area contributed by atoms with Crippen molar-refractivity contribution in [2.75, 3.05) is 20.3 Å². The third-order valence-electron chi connectivity index (χ3n) is 2.25. The summed E-state index contributed by atoms with van der Waals surface area (Å²) >= 11 is 0. The van der Waals surface area contributed by atoms with Gasteiger partial charge in [0.25, 0.3) is 0 Å². The van der Waals surface area contributed by atoms with Gasteiger partial charge in [0.15, 0.2) is 0 Å². The molecule has 0 aliphatic heterocycles. The molecule has 0 radical (unpaired) electrons. The summed E-state index contributed by atoms with van der Waals surface area (Å²) in [7, 11) is 1.88. The van der Waals surface area contributed by atoms with Gasteiger partial charge in [0, 0.05) is 6.61 Å². The van der Waals surface area contributed by atoms with Crippen LogP contribution < -0.4 is 5.32 Å². The van der Waals surface area contributed by atoms with Crippen LogP contribution in [0.5, 0.6) is 0 Å². The van der Waals surface area contributed by atoms with Crippen molar-refractivity contribution in [1.82, 2.24) is 5.32 Å². The average Bonchev–Trinajstić information content (AvgIpc) is 2.26. The summed E-state index contributed by atoms with van der Waals surface area (Å²) in [4.78, 5) is 0. The summed E-state index contributed by atoms with van der Waals surface area (Å²) in [6.07, 6.45) is 1.01. The van der Waals surface area contributed by atoms with E-state index in [1.807, 2.05) is 7.05 Å². The van der Waals surface area contributed by atoms with Crippen LogP contribution in [-0.4, -0.2) is 20.3 Å². The van der Waals surface area contributed by atoms with Crippen molar-refractivity contribution in [2.24, 2.45) is 0 Å². The van der Waals surface area contributed by atoms with Crippen LogP contribution in [0.4, 0.5) is 4.39 Å². The Morgan fingerprint density at radius 3 is 2.53 bits per heavy atom. The predicted molar refractivity (Wildman–Crippen MR) is 59.3 cm³/mol. The van der Waals surface area contributed by atoms with Gasteiger partial charge in [-0.3, -0.25) is 0 Å². The van der Waals surface area contributed by atoms with Crippen LogP contribution in [-0.2, 0) is 4.74 Å². The second-order valence-corrected chi connectivity index (χ2v) is 3.47. The first-order valence-corrected chi connectivity index (χ1v) is 5.28. The molecular formula is C12H18FNO. The monoisotopic (exact) mass is 211 g/mol. The molecule has 0 aromatic heterocycles. The average molecular weight is 211 g/mol. The molecular weight excluding hydrogens is 193 g/mol. The number of ether oxygens (including phenoxy) is 1. The molecule has 1 rings (SSSR count). The molecule has 1 aromatic rings. The number of halogens is 1. The maximum absolute atomic E-state index is 12.7. The van der Waals surface area contributed by atoms with E-state index in [1.165, 1.54) is 12.1 Å². The molecule has 0 bridgehead atoms. The SMILES string of the molecule is CCCOCC(NC)c1ccc(F)cc1. The minimum absolute atomic E-state index is 0.136. The maximum Gasteiger partial charge on any atom is 0.123 e. The van der Waals surface area contributed by atoms with Crippen molar-refractivity contribution >= 4 is 0 Å². The quantitative estimate of drug-likeness (QED) is 0.730. The lowest BCUT2D eigenvalue weighted by atomic mass is 10.1. The summed E-state index contributed by atoms with van der Waals surface area (Å²) in [6.45, 7) is 3.46. The zero-order chi connectivity index (χ0) is 11.1. The Labute approximate surface area is 90.4 Å². The molecule has 2 nitrogen and oxygen atoms in total. The molecule has 15 heavy (non-hydrogen) atoms. The highest BCUT2D eigenvalue weighted by Crippen LogP contribution is 2.13. The molecule has 0 spiro atoms. The van der Waals surface area contributed by atoms with E-state index in [2.05, 4.69) is 12.2 Å². The van der Waals surface area contributed by atoms with Crippen molar-refractivity contribution in [3.63, 3.8) is 0 Å². The Hall–Kier alpha value is -0.930. The van der Waals surface area contributed by atoms with Crippen LogP contribution in [0.1, 0.15) is 24.9 Å². The number of benzene rings is 1. The van der Waals surface area contributed by atoms with E-state index in [4.69, 9.17) is 4.74 Å². The van der Waals surface area contributed by atoms with E-state index in [9.17, 15) is 4.39 Å². The maximum atomic E-state index is 12.7. The lowest BCUT2D eigenvalue weighted by Gasteiger charge is -2.16. The zero-order valence-electron chi connectivity index (χ0n) is 9.29. The molecule has 0 fully saturated rings. The van der Waals surface area contributed by atoms with E-state index in [0.29, 0.717) is 6.61 Å². The Morgan fingerprint density at radius 2 is 2.00 bits per heavy atom. The number of rotatable bonds is 6. The van der Waals surface area contributed by atoms with Gasteiger partial charge in [-0.25, -0.2) is 4.39 Å². The topological polar surface area (TPSA) is 21.3 Å². The zero-order valence-corrected chi connectivity index (χ0v) is 9.29. The van der Waals surface area contributed by atoms with Gasteiger partial charge in [0.05, 0.1) is 12.6 Å². The standard InChI is InChI=1S/C12H18FNO/c1-3-8-15-9-12(14-2)10-4-6-11(13)7-5-10/h4-7,12,14H,3,8-9H2,1-2H3. The van der Waals surface area contributed by atoms with Gasteiger partial charge < -0.3 is 10.1 Å². The van der Waals surface area contributed by atoms with Gasteiger partial charge in [-0.2, -0.15) is 0 Å². The van der Waals surface area contributed by atoms with Gasteiger partial charge in [0.2, 0.25) is 0 Å². The van der Waals surface area contributed by atoms with Crippen molar-refractivity contribution in [1.29, 1.82) is 0 Å². The minimum Gasteiger partial charge on any atom is -0.379 e. The van der Waals surface area contributed by atoms with Crippen LogP contribution >= 0.6 is 0 Å². The van der Waals surface area contributed by atoms with Crippen LogP contribution in [0.15, 0.2) is 24.3 Å². The number of hydrogen-bond acceptors (Lipinski definition) is 2. The number of hydrogen-bond donors (Lipinski definition) is 1. The Morgan fingerprint density at radius 1 is 1.33 bits per heavy atom. The lowest BCUT2D eigenvalue weighted by molar-refractivity contribution is 0.114. The Balaban J connectivity index is 2.53. The smallest absolute Gasteiger partial charge is 0.123 e. The fourth-order valence-corrected chi connectivity index (χ4v) is 1.39. The molecule has 1 aromatic carbocycles. The lowest BCUT2D eigenvalue weighted by Crippen LogP contribution is -2.22. The summed E-state index contributed by atoms with van der Waals surface area (Å²) < 4.78 is 18.2. The second kappa shape index (κ2) is 6.53. The predicted octanol–water partition coefficient (Wildman–Crippen LogP) is 2.51. The molecule has 0 aliphatic rings. The van der Waals surface area contributed by atoms with E-state index >= 15 is 0 Å². The molecule has 0 aliphatic carbocycles.